The normalized spacial score (nSPS) is 13.5. The molecule has 0 N–H and O–H groups in total. The number of rotatable bonds is 2. The van der Waals surface area contributed by atoms with Gasteiger partial charge in [0.15, 0.2) is 0 Å². The van der Waals surface area contributed by atoms with Crippen LogP contribution >= 0.6 is 0 Å². The topological polar surface area (TPSA) is 13.1 Å². The van der Waals surface area contributed by atoms with Crippen molar-refractivity contribution in [3.05, 3.63) is 229 Å². The van der Waals surface area contributed by atoms with Crippen LogP contribution in [0.3, 0.4) is 0 Å². The molecule has 60 heavy (non-hydrogen) atoms. The first kappa shape index (κ1) is 32.2. The van der Waals surface area contributed by atoms with E-state index >= 15 is 0 Å². The summed E-state index contributed by atoms with van der Waals surface area (Å²) in [6.45, 7) is 0. The maximum Gasteiger partial charge on any atom is 0.135 e. The van der Waals surface area contributed by atoms with E-state index in [4.69, 9.17) is 4.42 Å². The molecule has 0 saturated heterocycles. The van der Waals surface area contributed by atoms with Crippen molar-refractivity contribution in [2.45, 2.75) is 5.41 Å². The second-order valence-corrected chi connectivity index (χ2v) is 16.7. The zero-order valence-electron chi connectivity index (χ0n) is 32.5. The van der Waals surface area contributed by atoms with E-state index in [0.717, 1.165) is 21.9 Å². The van der Waals surface area contributed by atoms with E-state index in [1.807, 2.05) is 0 Å². The molecule has 14 rings (SSSR count). The Kier molecular flexibility index (Phi) is 6.28. The lowest BCUT2D eigenvalue weighted by Crippen LogP contribution is -2.26. The van der Waals surface area contributed by atoms with Crippen LogP contribution in [0.2, 0.25) is 0 Å². The minimum Gasteiger partial charge on any atom is -0.456 e. The summed E-state index contributed by atoms with van der Waals surface area (Å²) in [5.74, 6) is 0. The number of hydrogen-bond donors (Lipinski definition) is 0. The second-order valence-electron chi connectivity index (χ2n) is 16.7. The molecule has 1 nitrogen and oxygen atoms in total. The summed E-state index contributed by atoms with van der Waals surface area (Å²) < 4.78 is 6.38. The Morgan fingerprint density at radius 1 is 0.283 bits per heavy atom. The van der Waals surface area contributed by atoms with E-state index < -0.39 is 5.41 Å². The predicted octanol–water partition coefficient (Wildman–Crippen LogP) is 15.9. The first-order chi connectivity index (χ1) is 29.8. The van der Waals surface area contributed by atoms with E-state index in [2.05, 4.69) is 206 Å². The molecule has 1 heterocycles. The van der Waals surface area contributed by atoms with Gasteiger partial charge in [-0.2, -0.15) is 0 Å². The van der Waals surface area contributed by atoms with Gasteiger partial charge in [-0.15, -0.1) is 0 Å². The summed E-state index contributed by atoms with van der Waals surface area (Å²) in [7, 11) is 0. The summed E-state index contributed by atoms with van der Waals surface area (Å²) >= 11 is 0. The Morgan fingerprint density at radius 3 is 1.67 bits per heavy atom. The Hall–Kier alpha value is -7.74. The molecule has 2 aliphatic carbocycles. The fraction of sp³-hybridized carbons (Fsp3) is 0.0169. The molecule has 2 aliphatic rings. The molecule has 0 atom stereocenters. The van der Waals surface area contributed by atoms with Crippen LogP contribution in [0.1, 0.15) is 22.3 Å². The van der Waals surface area contributed by atoms with Crippen molar-refractivity contribution in [2.75, 3.05) is 0 Å². The van der Waals surface area contributed by atoms with E-state index in [0.29, 0.717) is 0 Å². The highest BCUT2D eigenvalue weighted by atomic mass is 16.3. The summed E-state index contributed by atoms with van der Waals surface area (Å²) in [5, 5.41) is 12.4. The van der Waals surface area contributed by atoms with E-state index in [1.54, 1.807) is 0 Å². The van der Waals surface area contributed by atoms with Gasteiger partial charge < -0.3 is 4.42 Å². The summed E-state index contributed by atoms with van der Waals surface area (Å²) in [6, 6.07) is 77.2. The van der Waals surface area contributed by atoms with Gasteiger partial charge in [0.1, 0.15) is 11.2 Å². The molecule has 0 fully saturated rings. The van der Waals surface area contributed by atoms with Crippen molar-refractivity contribution in [3.63, 3.8) is 0 Å². The lowest BCUT2D eigenvalue weighted by Gasteiger charge is -2.33. The number of furan rings is 1. The van der Waals surface area contributed by atoms with Crippen LogP contribution < -0.4 is 0 Å². The second kappa shape index (κ2) is 11.7. The number of hydrogen-bond acceptors (Lipinski definition) is 1. The van der Waals surface area contributed by atoms with Gasteiger partial charge in [0.2, 0.25) is 0 Å². The lowest BCUT2D eigenvalue weighted by atomic mass is 9.68. The molecule has 1 spiro atoms. The van der Waals surface area contributed by atoms with Crippen LogP contribution in [0.5, 0.6) is 0 Å². The van der Waals surface area contributed by atoms with Crippen LogP contribution in [0.15, 0.2) is 211 Å². The Bertz CT molecular complexity index is 3800. The zero-order valence-corrected chi connectivity index (χ0v) is 32.5. The molecule has 0 amide bonds. The molecule has 0 bridgehead atoms. The predicted molar refractivity (Wildman–Crippen MR) is 251 cm³/mol. The third-order valence-corrected chi connectivity index (χ3v) is 13.8. The highest BCUT2D eigenvalue weighted by Crippen LogP contribution is 2.66. The average molecular weight is 759 g/mol. The molecule has 276 valence electrons. The molecule has 0 aliphatic heterocycles. The summed E-state index contributed by atoms with van der Waals surface area (Å²) in [4.78, 5) is 0. The molecule has 0 unspecified atom stereocenters. The molecule has 0 radical (unpaired) electrons. The fourth-order valence-electron chi connectivity index (χ4n) is 11.4. The minimum atomic E-state index is -0.576. The highest BCUT2D eigenvalue weighted by Gasteiger charge is 2.53. The monoisotopic (exact) mass is 758 g/mol. The molecular weight excluding hydrogens is 725 g/mol. The average Bonchev–Trinajstić information content (AvgIpc) is 3.94. The first-order valence-corrected chi connectivity index (χ1v) is 20.9. The zero-order chi connectivity index (χ0) is 39.1. The van der Waals surface area contributed by atoms with Crippen molar-refractivity contribution < 1.29 is 4.42 Å². The largest absolute Gasteiger partial charge is 0.456 e. The van der Waals surface area contributed by atoms with Gasteiger partial charge in [0.25, 0.3) is 0 Å². The Labute approximate surface area is 346 Å². The molecule has 1 heteroatoms. The summed E-state index contributed by atoms with van der Waals surface area (Å²) in [6.07, 6.45) is 0. The SMILES string of the molecule is c1ccc2c(c1)-c1ccccc1C21c2cc(-c3c4ccccc4cc4c3ccc3ccccc34)ccc2-c2c1c(-c1ccc3oc4ccccc4c3c1)cc1ccccc21. The van der Waals surface area contributed by atoms with Gasteiger partial charge in [-0.05, 0) is 146 Å². The van der Waals surface area contributed by atoms with E-state index in [1.165, 1.54) is 110 Å². The van der Waals surface area contributed by atoms with Crippen LogP contribution in [-0.2, 0) is 5.41 Å². The van der Waals surface area contributed by atoms with Crippen LogP contribution in [0.4, 0.5) is 0 Å². The van der Waals surface area contributed by atoms with Gasteiger partial charge in [-0.1, -0.05) is 170 Å². The van der Waals surface area contributed by atoms with E-state index in [-0.39, 0.29) is 0 Å². The number of fused-ring (bicyclic) bond motifs is 19. The molecule has 0 saturated carbocycles. The van der Waals surface area contributed by atoms with Crippen molar-refractivity contribution in [1.29, 1.82) is 0 Å². The van der Waals surface area contributed by atoms with Crippen LogP contribution in [0.25, 0.3) is 110 Å². The first-order valence-electron chi connectivity index (χ1n) is 20.9. The fourth-order valence-corrected chi connectivity index (χ4v) is 11.4. The van der Waals surface area contributed by atoms with Gasteiger partial charge >= 0.3 is 0 Å². The smallest absolute Gasteiger partial charge is 0.135 e. The molecule has 1 aromatic heterocycles. The standard InChI is InChI=1S/C59H34O/c1-4-16-40-35(13-1)25-28-46-49(40)32-37-15-2-5-17-41(37)56(46)39-26-29-47-53(34-39)59(51-22-10-7-19-43(51)44-20-8-11-23-52(44)59)58-48(31-36-14-3-6-18-42(36)57(47)58)38-27-30-55-50(33-38)45-21-9-12-24-54(45)60-55/h1-34H. The maximum atomic E-state index is 6.38. The van der Waals surface area contributed by atoms with Gasteiger partial charge in [0, 0.05) is 10.8 Å². The number of para-hydroxylation sites is 1. The maximum absolute atomic E-state index is 6.38. The van der Waals surface area contributed by atoms with Gasteiger partial charge in [-0.25, -0.2) is 0 Å². The minimum absolute atomic E-state index is 0.576. The van der Waals surface area contributed by atoms with Crippen molar-refractivity contribution in [3.8, 4) is 44.5 Å². The third kappa shape index (κ3) is 4.06. The van der Waals surface area contributed by atoms with Crippen molar-refractivity contribution >= 4 is 65.0 Å². The van der Waals surface area contributed by atoms with Crippen LogP contribution in [0, 0.1) is 0 Å². The lowest BCUT2D eigenvalue weighted by molar-refractivity contribution is 0.669. The van der Waals surface area contributed by atoms with Crippen molar-refractivity contribution in [1.82, 2.24) is 0 Å². The van der Waals surface area contributed by atoms with Gasteiger partial charge in [0.05, 0.1) is 5.41 Å². The molecule has 12 aromatic rings. The summed E-state index contributed by atoms with van der Waals surface area (Å²) in [5.41, 5.74) is 16.8. The van der Waals surface area contributed by atoms with E-state index in [9.17, 15) is 0 Å². The van der Waals surface area contributed by atoms with Crippen molar-refractivity contribution in [2.24, 2.45) is 0 Å². The number of benzene rings is 11. The van der Waals surface area contributed by atoms with Crippen LogP contribution in [-0.4, -0.2) is 0 Å². The quantitative estimate of drug-likeness (QED) is 0.126. The Balaban J connectivity index is 1.15. The highest BCUT2D eigenvalue weighted by molar-refractivity contribution is 6.21. The molecular formula is C59H34O. The Morgan fingerprint density at radius 2 is 0.883 bits per heavy atom. The van der Waals surface area contributed by atoms with Gasteiger partial charge in [-0.3, -0.25) is 0 Å². The molecule has 11 aromatic carbocycles. The third-order valence-electron chi connectivity index (χ3n) is 13.8.